The topological polar surface area (TPSA) is 38.1 Å². The van der Waals surface area contributed by atoms with Gasteiger partial charge in [0.05, 0.1) is 16.6 Å². The second-order valence-corrected chi connectivity index (χ2v) is 5.55. The summed E-state index contributed by atoms with van der Waals surface area (Å²) in [7, 11) is 0. The summed E-state index contributed by atoms with van der Waals surface area (Å²) in [6.45, 7) is 2.08. The molecule has 0 spiro atoms. The van der Waals surface area contributed by atoms with Crippen LogP contribution in [0.25, 0.3) is 22.4 Å². The summed E-state index contributed by atoms with van der Waals surface area (Å²) in [5, 5.41) is 10.1. The van der Waals surface area contributed by atoms with Gasteiger partial charge in [-0.1, -0.05) is 18.2 Å². The fourth-order valence-corrected chi connectivity index (χ4v) is 2.76. The van der Waals surface area contributed by atoms with Crippen LogP contribution in [0, 0.1) is 6.92 Å². The molecule has 100 valence electrons. The summed E-state index contributed by atoms with van der Waals surface area (Å²) in [6.07, 6.45) is 2.39. The zero-order valence-electron chi connectivity index (χ0n) is 11.4. The lowest BCUT2D eigenvalue weighted by Crippen LogP contribution is -1.97. The van der Waals surface area contributed by atoms with Crippen LogP contribution in [-0.2, 0) is 0 Å². The van der Waals surface area contributed by atoms with Crippen LogP contribution < -0.4 is 0 Å². The summed E-state index contributed by atoms with van der Waals surface area (Å²) in [5.41, 5.74) is 4.20. The highest BCUT2D eigenvalue weighted by Crippen LogP contribution is 2.42. The van der Waals surface area contributed by atoms with Gasteiger partial charge in [0.15, 0.2) is 0 Å². The van der Waals surface area contributed by atoms with Crippen molar-refractivity contribution in [2.45, 2.75) is 25.8 Å². The first-order chi connectivity index (χ1) is 9.74. The number of aromatic nitrogens is 2. The van der Waals surface area contributed by atoms with Gasteiger partial charge in [0.25, 0.3) is 0 Å². The van der Waals surface area contributed by atoms with E-state index in [0.29, 0.717) is 11.8 Å². The van der Waals surface area contributed by atoms with Gasteiger partial charge in [0.2, 0.25) is 0 Å². The third-order valence-corrected chi connectivity index (χ3v) is 3.90. The van der Waals surface area contributed by atoms with Gasteiger partial charge in [-0.05, 0) is 49.6 Å². The molecule has 0 radical (unpaired) electrons. The van der Waals surface area contributed by atoms with Crippen LogP contribution in [0.4, 0.5) is 0 Å². The Bertz CT molecular complexity index is 800. The van der Waals surface area contributed by atoms with Gasteiger partial charge in [-0.25, -0.2) is 4.98 Å². The number of hydrogen-bond acceptors (Lipinski definition) is 2. The zero-order valence-corrected chi connectivity index (χ0v) is 11.4. The molecule has 1 aliphatic rings. The van der Waals surface area contributed by atoms with Crippen LogP contribution in [0.5, 0.6) is 5.75 Å². The number of aromatic hydroxyl groups is 1. The molecule has 1 fully saturated rings. The molecule has 1 saturated carbocycles. The van der Waals surface area contributed by atoms with Crippen molar-refractivity contribution >= 4 is 11.0 Å². The van der Waals surface area contributed by atoms with Crippen LogP contribution in [0.15, 0.2) is 42.5 Å². The van der Waals surface area contributed by atoms with Crippen molar-refractivity contribution in [1.82, 2.24) is 9.55 Å². The van der Waals surface area contributed by atoms with E-state index in [0.717, 1.165) is 22.4 Å². The molecule has 3 nitrogen and oxygen atoms in total. The van der Waals surface area contributed by atoms with Crippen molar-refractivity contribution in [3.8, 4) is 17.1 Å². The van der Waals surface area contributed by atoms with E-state index in [1.807, 2.05) is 18.2 Å². The second-order valence-electron chi connectivity index (χ2n) is 5.55. The number of rotatable bonds is 2. The third-order valence-electron chi connectivity index (χ3n) is 3.90. The number of benzene rings is 2. The van der Waals surface area contributed by atoms with E-state index in [1.165, 1.54) is 18.4 Å². The minimum atomic E-state index is 0.293. The number of fused-ring (bicyclic) bond motifs is 1. The second kappa shape index (κ2) is 4.10. The SMILES string of the molecule is Cc1ccc2c(c1)nc(-c1ccccc1O)n2C1CC1. The summed E-state index contributed by atoms with van der Waals surface area (Å²) >= 11 is 0. The van der Waals surface area contributed by atoms with Crippen LogP contribution in [-0.4, -0.2) is 14.7 Å². The molecule has 0 bridgehead atoms. The molecule has 0 aliphatic heterocycles. The van der Waals surface area contributed by atoms with E-state index >= 15 is 0 Å². The molecule has 1 N–H and O–H groups in total. The molecule has 3 aromatic rings. The van der Waals surface area contributed by atoms with Crippen LogP contribution >= 0.6 is 0 Å². The number of phenolic OH excluding ortho intramolecular Hbond substituents is 1. The number of nitrogens with zero attached hydrogens (tertiary/aromatic N) is 2. The first kappa shape index (κ1) is 11.5. The smallest absolute Gasteiger partial charge is 0.145 e. The molecule has 2 aromatic carbocycles. The van der Waals surface area contributed by atoms with Crippen molar-refractivity contribution in [3.63, 3.8) is 0 Å². The maximum absolute atomic E-state index is 10.1. The average molecular weight is 264 g/mol. The zero-order chi connectivity index (χ0) is 13.7. The maximum atomic E-state index is 10.1. The minimum absolute atomic E-state index is 0.293. The maximum Gasteiger partial charge on any atom is 0.145 e. The first-order valence-electron chi connectivity index (χ1n) is 7.01. The number of aryl methyl sites for hydroxylation is 1. The third kappa shape index (κ3) is 1.70. The highest BCUT2D eigenvalue weighted by molar-refractivity contribution is 5.82. The highest BCUT2D eigenvalue weighted by atomic mass is 16.3. The summed E-state index contributed by atoms with van der Waals surface area (Å²) in [6, 6.07) is 14.3. The number of phenols is 1. The average Bonchev–Trinajstić information content (AvgIpc) is 3.20. The molecule has 0 amide bonds. The number of para-hydroxylation sites is 1. The lowest BCUT2D eigenvalue weighted by Gasteiger charge is -2.08. The van der Waals surface area contributed by atoms with Gasteiger partial charge < -0.3 is 9.67 Å². The van der Waals surface area contributed by atoms with Crippen LogP contribution in [0.2, 0.25) is 0 Å². The quantitative estimate of drug-likeness (QED) is 0.758. The number of hydrogen-bond donors (Lipinski definition) is 1. The molecule has 1 aromatic heterocycles. The Hall–Kier alpha value is -2.29. The monoisotopic (exact) mass is 264 g/mol. The molecule has 3 heteroatoms. The molecule has 1 aliphatic carbocycles. The minimum Gasteiger partial charge on any atom is -0.507 e. The molecule has 0 atom stereocenters. The fraction of sp³-hybridized carbons (Fsp3) is 0.235. The van der Waals surface area contributed by atoms with Gasteiger partial charge in [-0.2, -0.15) is 0 Å². The van der Waals surface area contributed by atoms with Crippen molar-refractivity contribution in [1.29, 1.82) is 0 Å². The summed E-state index contributed by atoms with van der Waals surface area (Å²) < 4.78 is 2.28. The Morgan fingerprint density at radius 1 is 1.15 bits per heavy atom. The highest BCUT2D eigenvalue weighted by Gasteiger charge is 2.29. The van der Waals surface area contributed by atoms with Crippen LogP contribution in [0.1, 0.15) is 24.4 Å². The predicted molar refractivity (Wildman–Crippen MR) is 79.8 cm³/mol. The molecule has 1 heterocycles. The Balaban J connectivity index is 2.03. The van der Waals surface area contributed by atoms with Gasteiger partial charge in [0, 0.05) is 6.04 Å². The Labute approximate surface area is 117 Å². The lowest BCUT2D eigenvalue weighted by atomic mass is 10.2. The van der Waals surface area contributed by atoms with Crippen molar-refractivity contribution < 1.29 is 5.11 Å². The van der Waals surface area contributed by atoms with E-state index in [9.17, 15) is 5.11 Å². The molecule has 0 unspecified atom stereocenters. The molecular formula is C17H16N2O. The van der Waals surface area contributed by atoms with E-state index in [1.54, 1.807) is 6.07 Å². The Morgan fingerprint density at radius 3 is 2.70 bits per heavy atom. The van der Waals surface area contributed by atoms with Crippen molar-refractivity contribution in [2.24, 2.45) is 0 Å². The van der Waals surface area contributed by atoms with E-state index < -0.39 is 0 Å². The summed E-state index contributed by atoms with van der Waals surface area (Å²) in [4.78, 5) is 4.77. The van der Waals surface area contributed by atoms with Gasteiger partial charge in [-0.3, -0.25) is 0 Å². The summed E-state index contributed by atoms with van der Waals surface area (Å²) in [5.74, 6) is 1.17. The Morgan fingerprint density at radius 2 is 1.95 bits per heavy atom. The van der Waals surface area contributed by atoms with Crippen LogP contribution in [0.3, 0.4) is 0 Å². The van der Waals surface area contributed by atoms with Gasteiger partial charge in [0.1, 0.15) is 11.6 Å². The van der Waals surface area contributed by atoms with E-state index in [4.69, 9.17) is 4.98 Å². The first-order valence-corrected chi connectivity index (χ1v) is 7.01. The predicted octanol–water partition coefficient (Wildman–Crippen LogP) is 4.05. The van der Waals surface area contributed by atoms with Gasteiger partial charge >= 0.3 is 0 Å². The fourth-order valence-electron chi connectivity index (χ4n) is 2.76. The molecule has 20 heavy (non-hydrogen) atoms. The van der Waals surface area contributed by atoms with E-state index in [2.05, 4.69) is 29.7 Å². The normalized spacial score (nSPS) is 14.8. The molecule has 0 saturated heterocycles. The van der Waals surface area contributed by atoms with Gasteiger partial charge in [-0.15, -0.1) is 0 Å². The largest absolute Gasteiger partial charge is 0.507 e. The van der Waals surface area contributed by atoms with Crippen molar-refractivity contribution in [3.05, 3.63) is 48.0 Å². The lowest BCUT2D eigenvalue weighted by molar-refractivity contribution is 0.476. The standard InChI is InChI=1S/C17H16N2O/c1-11-6-9-15-14(10-11)18-17(19(15)12-7-8-12)13-4-2-3-5-16(13)20/h2-6,9-10,12,20H,7-8H2,1H3. The molecule has 4 rings (SSSR count). The molecular weight excluding hydrogens is 248 g/mol. The van der Waals surface area contributed by atoms with Crippen molar-refractivity contribution in [2.75, 3.05) is 0 Å². The number of imidazole rings is 1. The Kier molecular flexibility index (Phi) is 2.36. The van der Waals surface area contributed by atoms with E-state index in [-0.39, 0.29) is 0 Å².